The molecule has 100 valence electrons. The molecule has 1 heterocycles. The van der Waals surface area contributed by atoms with E-state index in [1.165, 1.54) is 12.1 Å². The Morgan fingerprint density at radius 2 is 1.47 bits per heavy atom. The molecule has 0 fully saturated rings. The molecular weight excluding hydrogens is 262 g/mol. The van der Waals surface area contributed by atoms with Crippen molar-refractivity contribution < 1.29 is 8.42 Å². The van der Waals surface area contributed by atoms with Crippen molar-refractivity contribution in [3.05, 3.63) is 59.9 Å². The van der Waals surface area contributed by atoms with E-state index in [1.807, 2.05) is 12.1 Å². The summed E-state index contributed by atoms with van der Waals surface area (Å²) in [5, 5.41) is 8.30. The lowest BCUT2D eigenvalue weighted by molar-refractivity contribution is 0.597. The van der Waals surface area contributed by atoms with Crippen LogP contribution in [-0.4, -0.2) is 13.4 Å². The Hall–Kier alpha value is -1.76. The summed E-state index contributed by atoms with van der Waals surface area (Å²) in [6.45, 7) is 1.40. The van der Waals surface area contributed by atoms with E-state index in [2.05, 4.69) is 10.3 Å². The van der Waals surface area contributed by atoms with E-state index in [4.69, 9.17) is 5.14 Å². The van der Waals surface area contributed by atoms with Crippen LogP contribution in [0.5, 0.6) is 0 Å². The maximum atomic E-state index is 11.1. The first-order valence-corrected chi connectivity index (χ1v) is 7.32. The van der Waals surface area contributed by atoms with E-state index in [0.717, 1.165) is 17.7 Å². The zero-order chi connectivity index (χ0) is 13.7. The van der Waals surface area contributed by atoms with Crippen molar-refractivity contribution >= 4 is 10.0 Å². The molecule has 5 nitrogen and oxygen atoms in total. The molecule has 0 spiro atoms. The standard InChI is InChI=1S/C13H15N3O2S/c14-19(17,18)13-3-1-11(2-4-13)9-16-10-12-5-7-15-8-6-12/h1-8,16H,9-10H2,(H2,14,17,18). The predicted molar refractivity (Wildman–Crippen MR) is 72.6 cm³/mol. The van der Waals surface area contributed by atoms with E-state index >= 15 is 0 Å². The van der Waals surface area contributed by atoms with Crippen molar-refractivity contribution in [3.63, 3.8) is 0 Å². The van der Waals surface area contributed by atoms with Crippen molar-refractivity contribution in [1.82, 2.24) is 10.3 Å². The molecule has 0 aliphatic rings. The summed E-state index contributed by atoms with van der Waals surface area (Å²) in [5.74, 6) is 0. The van der Waals surface area contributed by atoms with E-state index < -0.39 is 10.0 Å². The molecule has 6 heteroatoms. The maximum absolute atomic E-state index is 11.1. The zero-order valence-corrected chi connectivity index (χ0v) is 11.1. The van der Waals surface area contributed by atoms with Crippen LogP contribution in [0, 0.1) is 0 Å². The fourth-order valence-corrected chi connectivity index (χ4v) is 2.16. The molecule has 0 amide bonds. The molecule has 0 saturated carbocycles. The van der Waals surface area contributed by atoms with Crippen LogP contribution < -0.4 is 10.5 Å². The van der Waals surface area contributed by atoms with Gasteiger partial charge in [0.15, 0.2) is 0 Å². The summed E-state index contributed by atoms with van der Waals surface area (Å²) in [6.07, 6.45) is 3.50. The monoisotopic (exact) mass is 277 g/mol. The molecule has 0 bridgehead atoms. The van der Waals surface area contributed by atoms with Gasteiger partial charge in [-0.15, -0.1) is 0 Å². The molecule has 19 heavy (non-hydrogen) atoms. The summed E-state index contributed by atoms with van der Waals surface area (Å²) >= 11 is 0. The molecule has 1 aromatic heterocycles. The Balaban J connectivity index is 1.90. The van der Waals surface area contributed by atoms with Gasteiger partial charge in [0.05, 0.1) is 4.90 Å². The fourth-order valence-electron chi connectivity index (χ4n) is 1.65. The van der Waals surface area contributed by atoms with Gasteiger partial charge in [-0.05, 0) is 35.4 Å². The number of hydrogen-bond donors (Lipinski definition) is 2. The number of aromatic nitrogens is 1. The quantitative estimate of drug-likeness (QED) is 0.854. The van der Waals surface area contributed by atoms with Crippen LogP contribution >= 0.6 is 0 Å². The number of nitrogens with one attached hydrogen (secondary N) is 1. The number of benzene rings is 1. The van der Waals surface area contributed by atoms with Crippen LogP contribution in [0.25, 0.3) is 0 Å². The smallest absolute Gasteiger partial charge is 0.238 e. The van der Waals surface area contributed by atoms with E-state index in [9.17, 15) is 8.42 Å². The lowest BCUT2D eigenvalue weighted by Gasteiger charge is -2.05. The summed E-state index contributed by atoms with van der Waals surface area (Å²) in [5.41, 5.74) is 2.15. The van der Waals surface area contributed by atoms with Crippen LogP contribution in [0.2, 0.25) is 0 Å². The molecule has 0 aliphatic heterocycles. The first-order valence-electron chi connectivity index (χ1n) is 5.77. The molecule has 0 saturated heterocycles. The Kier molecular flexibility index (Phi) is 4.26. The van der Waals surface area contributed by atoms with Gasteiger partial charge in [0.25, 0.3) is 0 Å². The topological polar surface area (TPSA) is 85.1 Å². The van der Waals surface area contributed by atoms with Gasteiger partial charge < -0.3 is 5.32 Å². The predicted octanol–water partition coefficient (Wildman–Crippen LogP) is 1.02. The van der Waals surface area contributed by atoms with Gasteiger partial charge in [0.1, 0.15) is 0 Å². The Bertz CT molecular complexity index is 625. The van der Waals surface area contributed by atoms with Crippen molar-refractivity contribution in [2.45, 2.75) is 18.0 Å². The van der Waals surface area contributed by atoms with E-state index in [0.29, 0.717) is 6.54 Å². The van der Waals surface area contributed by atoms with Crippen molar-refractivity contribution in [2.24, 2.45) is 5.14 Å². The van der Waals surface area contributed by atoms with Crippen molar-refractivity contribution in [2.75, 3.05) is 0 Å². The van der Waals surface area contributed by atoms with Gasteiger partial charge in [0.2, 0.25) is 10.0 Å². The largest absolute Gasteiger partial charge is 0.309 e. The summed E-state index contributed by atoms with van der Waals surface area (Å²) < 4.78 is 22.2. The summed E-state index contributed by atoms with van der Waals surface area (Å²) in [4.78, 5) is 4.08. The number of hydrogen-bond acceptors (Lipinski definition) is 4. The van der Waals surface area contributed by atoms with E-state index in [1.54, 1.807) is 24.5 Å². The molecule has 3 N–H and O–H groups in total. The molecule has 2 aromatic rings. The molecule has 2 rings (SSSR count). The van der Waals surface area contributed by atoms with Crippen LogP contribution in [0.4, 0.5) is 0 Å². The number of pyridine rings is 1. The molecule has 0 unspecified atom stereocenters. The highest BCUT2D eigenvalue weighted by atomic mass is 32.2. The third-order valence-electron chi connectivity index (χ3n) is 2.66. The summed E-state index contributed by atoms with van der Waals surface area (Å²) in [7, 11) is -3.61. The lowest BCUT2D eigenvalue weighted by atomic mass is 10.2. The van der Waals surface area contributed by atoms with Crippen molar-refractivity contribution in [1.29, 1.82) is 0 Å². The second-order valence-corrected chi connectivity index (χ2v) is 5.71. The minimum Gasteiger partial charge on any atom is -0.309 e. The molecule has 0 aliphatic carbocycles. The SMILES string of the molecule is NS(=O)(=O)c1ccc(CNCc2ccncc2)cc1. The number of rotatable bonds is 5. The first kappa shape index (κ1) is 13.7. The van der Waals surface area contributed by atoms with Crippen molar-refractivity contribution in [3.8, 4) is 0 Å². The molecular formula is C13H15N3O2S. The maximum Gasteiger partial charge on any atom is 0.238 e. The van der Waals surface area contributed by atoms with Gasteiger partial charge in [-0.25, -0.2) is 13.6 Å². The number of primary sulfonamides is 1. The highest BCUT2D eigenvalue weighted by Gasteiger charge is 2.06. The van der Waals surface area contributed by atoms with Gasteiger partial charge in [-0.1, -0.05) is 12.1 Å². The molecule has 0 radical (unpaired) electrons. The van der Waals surface area contributed by atoms with Crippen LogP contribution in [0.3, 0.4) is 0 Å². The van der Waals surface area contributed by atoms with Crippen LogP contribution in [-0.2, 0) is 23.1 Å². The Labute approximate surface area is 112 Å². The number of nitrogens with zero attached hydrogens (tertiary/aromatic N) is 1. The Morgan fingerprint density at radius 3 is 2.00 bits per heavy atom. The minimum absolute atomic E-state index is 0.130. The summed E-state index contributed by atoms with van der Waals surface area (Å²) in [6, 6.07) is 10.4. The third kappa shape index (κ3) is 4.13. The van der Waals surface area contributed by atoms with Crippen LogP contribution in [0.1, 0.15) is 11.1 Å². The average Bonchev–Trinajstić information content (AvgIpc) is 2.39. The van der Waals surface area contributed by atoms with Gasteiger partial charge in [-0.2, -0.15) is 0 Å². The Morgan fingerprint density at radius 1 is 0.947 bits per heavy atom. The highest BCUT2D eigenvalue weighted by molar-refractivity contribution is 7.89. The molecule has 1 aromatic carbocycles. The fraction of sp³-hybridized carbons (Fsp3) is 0.154. The average molecular weight is 277 g/mol. The third-order valence-corrected chi connectivity index (χ3v) is 3.59. The second kappa shape index (κ2) is 5.92. The number of sulfonamides is 1. The van der Waals surface area contributed by atoms with Crippen LogP contribution in [0.15, 0.2) is 53.7 Å². The van der Waals surface area contributed by atoms with Gasteiger partial charge >= 0.3 is 0 Å². The second-order valence-electron chi connectivity index (χ2n) is 4.15. The van der Waals surface area contributed by atoms with E-state index in [-0.39, 0.29) is 4.90 Å². The first-order chi connectivity index (χ1) is 9.05. The number of nitrogens with two attached hydrogens (primary N) is 1. The van der Waals surface area contributed by atoms with Gasteiger partial charge in [0, 0.05) is 25.5 Å². The normalized spacial score (nSPS) is 11.4. The molecule has 0 atom stereocenters. The zero-order valence-electron chi connectivity index (χ0n) is 10.3. The minimum atomic E-state index is -3.61. The highest BCUT2D eigenvalue weighted by Crippen LogP contribution is 2.08. The van der Waals surface area contributed by atoms with Gasteiger partial charge in [-0.3, -0.25) is 4.98 Å². The lowest BCUT2D eigenvalue weighted by Crippen LogP contribution is -2.14.